The molecule has 0 radical (unpaired) electrons. The number of benzene rings is 2. The average molecular weight is 423 g/mol. The Labute approximate surface area is 181 Å². The Morgan fingerprint density at radius 3 is 2.94 bits per heavy atom. The molecule has 0 bridgehead atoms. The second kappa shape index (κ2) is 9.73. The maximum atomic E-state index is 13.5. The van der Waals surface area contributed by atoms with Gasteiger partial charge in [-0.2, -0.15) is 4.98 Å². The van der Waals surface area contributed by atoms with Gasteiger partial charge in [0.25, 0.3) is 0 Å². The van der Waals surface area contributed by atoms with Crippen LogP contribution in [0.3, 0.4) is 0 Å². The molecule has 1 aliphatic rings. The molecule has 162 valence electrons. The lowest BCUT2D eigenvalue weighted by Crippen LogP contribution is -2.39. The zero-order valence-electron chi connectivity index (χ0n) is 17.6. The lowest BCUT2D eigenvalue weighted by Gasteiger charge is -2.33. The van der Waals surface area contributed by atoms with Crippen molar-refractivity contribution < 1.29 is 18.4 Å². The summed E-state index contributed by atoms with van der Waals surface area (Å²) >= 11 is 0. The molecule has 1 unspecified atom stereocenters. The number of ether oxygens (including phenoxy) is 1. The lowest BCUT2D eigenvalue weighted by molar-refractivity contribution is -0.135. The van der Waals surface area contributed by atoms with Gasteiger partial charge in [0.05, 0.1) is 13.0 Å². The van der Waals surface area contributed by atoms with Crippen molar-refractivity contribution in [2.45, 2.75) is 45.1 Å². The number of piperidine rings is 1. The van der Waals surface area contributed by atoms with Crippen molar-refractivity contribution in [3.05, 3.63) is 77.2 Å². The first-order valence-electron chi connectivity index (χ1n) is 10.6. The number of amides is 1. The van der Waals surface area contributed by atoms with Crippen LogP contribution in [-0.2, 0) is 17.6 Å². The van der Waals surface area contributed by atoms with Crippen LogP contribution in [0.1, 0.15) is 48.1 Å². The predicted molar refractivity (Wildman–Crippen MR) is 113 cm³/mol. The van der Waals surface area contributed by atoms with E-state index in [2.05, 4.69) is 10.1 Å². The van der Waals surface area contributed by atoms with Crippen LogP contribution in [0, 0.1) is 12.7 Å². The monoisotopic (exact) mass is 423 g/mol. The molecule has 0 saturated carbocycles. The maximum absolute atomic E-state index is 13.5. The molecule has 1 fully saturated rings. The zero-order valence-corrected chi connectivity index (χ0v) is 17.6. The van der Waals surface area contributed by atoms with Gasteiger partial charge in [-0.3, -0.25) is 4.79 Å². The largest absolute Gasteiger partial charge is 0.493 e. The smallest absolute Gasteiger partial charge is 0.249 e. The second-order valence-electron chi connectivity index (χ2n) is 7.87. The van der Waals surface area contributed by atoms with Gasteiger partial charge in [0.2, 0.25) is 11.8 Å². The van der Waals surface area contributed by atoms with Crippen molar-refractivity contribution in [3.8, 4) is 5.75 Å². The molecule has 3 aromatic rings. The van der Waals surface area contributed by atoms with Gasteiger partial charge in [-0.15, -0.1) is 0 Å². The highest BCUT2D eigenvalue weighted by Crippen LogP contribution is 2.30. The molecule has 4 rings (SSSR count). The van der Waals surface area contributed by atoms with Crippen molar-refractivity contribution in [1.82, 2.24) is 15.0 Å². The predicted octanol–water partition coefficient (Wildman–Crippen LogP) is 4.43. The quantitative estimate of drug-likeness (QED) is 0.562. The van der Waals surface area contributed by atoms with Gasteiger partial charge in [-0.05, 0) is 61.6 Å². The Morgan fingerprint density at radius 1 is 1.23 bits per heavy atom. The van der Waals surface area contributed by atoms with Crippen molar-refractivity contribution >= 4 is 5.91 Å². The van der Waals surface area contributed by atoms with Crippen molar-refractivity contribution in [2.24, 2.45) is 0 Å². The van der Waals surface area contributed by atoms with Crippen molar-refractivity contribution in [3.63, 3.8) is 0 Å². The Bertz CT molecular complexity index is 1040. The fraction of sp³-hybridized carbons (Fsp3) is 0.375. The Morgan fingerprint density at radius 2 is 2.10 bits per heavy atom. The lowest BCUT2D eigenvalue weighted by atomic mass is 10.0. The minimum absolute atomic E-state index is 0.0576. The Hall–Kier alpha value is -3.22. The van der Waals surface area contributed by atoms with E-state index in [0.29, 0.717) is 36.9 Å². The number of carbonyl (C=O) groups excluding carboxylic acids is 1. The highest BCUT2D eigenvalue weighted by Gasteiger charge is 2.32. The molecular formula is C24H26FN3O3. The zero-order chi connectivity index (χ0) is 21.6. The maximum Gasteiger partial charge on any atom is 0.249 e. The Kier molecular flexibility index (Phi) is 6.60. The van der Waals surface area contributed by atoms with Crippen LogP contribution in [0.5, 0.6) is 5.75 Å². The molecule has 1 atom stereocenters. The van der Waals surface area contributed by atoms with E-state index in [1.807, 2.05) is 31.2 Å². The molecule has 1 aliphatic heterocycles. The van der Waals surface area contributed by atoms with E-state index < -0.39 is 0 Å². The number of carbonyl (C=O) groups is 1. The molecular weight excluding hydrogens is 397 g/mol. The summed E-state index contributed by atoms with van der Waals surface area (Å²) in [5.74, 6) is 1.43. The van der Waals surface area contributed by atoms with E-state index in [0.717, 1.165) is 30.6 Å². The number of rotatable bonds is 7. The highest BCUT2D eigenvalue weighted by atomic mass is 19.1. The van der Waals surface area contributed by atoms with Gasteiger partial charge in [-0.25, -0.2) is 4.39 Å². The summed E-state index contributed by atoms with van der Waals surface area (Å²) in [6.07, 6.45) is 3.36. The molecule has 2 aromatic carbocycles. The van der Waals surface area contributed by atoms with E-state index in [-0.39, 0.29) is 24.2 Å². The van der Waals surface area contributed by atoms with E-state index >= 15 is 0 Å². The van der Waals surface area contributed by atoms with Crippen LogP contribution in [0.25, 0.3) is 0 Å². The summed E-state index contributed by atoms with van der Waals surface area (Å²) in [5.41, 5.74) is 1.80. The summed E-state index contributed by atoms with van der Waals surface area (Å²) in [4.78, 5) is 19.2. The number of aromatic nitrogens is 2. The second-order valence-corrected chi connectivity index (χ2v) is 7.87. The van der Waals surface area contributed by atoms with Gasteiger partial charge in [0.1, 0.15) is 17.6 Å². The first-order valence-corrected chi connectivity index (χ1v) is 10.6. The molecule has 31 heavy (non-hydrogen) atoms. The average Bonchev–Trinajstić information content (AvgIpc) is 3.23. The van der Waals surface area contributed by atoms with Gasteiger partial charge in [-0.1, -0.05) is 29.4 Å². The van der Waals surface area contributed by atoms with Crippen molar-refractivity contribution in [1.29, 1.82) is 0 Å². The van der Waals surface area contributed by atoms with Crippen molar-refractivity contribution in [2.75, 3.05) is 13.2 Å². The Balaban J connectivity index is 1.38. The first kappa shape index (κ1) is 21.0. The number of hydrogen-bond donors (Lipinski definition) is 0. The first-order chi connectivity index (χ1) is 15.1. The van der Waals surface area contributed by atoms with Crippen LogP contribution in [0.15, 0.2) is 53.1 Å². The van der Waals surface area contributed by atoms with E-state index in [1.165, 1.54) is 12.1 Å². The van der Waals surface area contributed by atoms with Crippen LogP contribution in [0.2, 0.25) is 0 Å². The normalized spacial score (nSPS) is 16.3. The minimum Gasteiger partial charge on any atom is -0.493 e. The fourth-order valence-corrected chi connectivity index (χ4v) is 3.88. The van der Waals surface area contributed by atoms with Crippen LogP contribution in [0.4, 0.5) is 4.39 Å². The molecule has 0 N–H and O–H groups in total. The van der Waals surface area contributed by atoms with Crippen LogP contribution < -0.4 is 4.74 Å². The molecule has 1 saturated heterocycles. The molecule has 0 spiro atoms. The molecule has 7 heteroatoms. The van der Waals surface area contributed by atoms with E-state index in [1.54, 1.807) is 17.0 Å². The topological polar surface area (TPSA) is 68.5 Å². The summed E-state index contributed by atoms with van der Waals surface area (Å²) in [6.45, 7) is 3.09. The van der Waals surface area contributed by atoms with Gasteiger partial charge >= 0.3 is 0 Å². The fourth-order valence-electron chi connectivity index (χ4n) is 3.88. The van der Waals surface area contributed by atoms with Gasteiger partial charge in [0.15, 0.2) is 5.82 Å². The van der Waals surface area contributed by atoms with Gasteiger partial charge < -0.3 is 14.2 Å². The van der Waals surface area contributed by atoms with E-state index in [4.69, 9.17) is 9.26 Å². The summed E-state index contributed by atoms with van der Waals surface area (Å²) in [5, 5.41) is 4.08. The number of hydrogen-bond acceptors (Lipinski definition) is 5. The number of aryl methyl sites for hydroxylation is 1. The third-order valence-corrected chi connectivity index (χ3v) is 5.42. The molecule has 0 aliphatic carbocycles. The van der Waals surface area contributed by atoms with Crippen LogP contribution in [-0.4, -0.2) is 34.1 Å². The molecule has 2 heterocycles. The summed E-state index contributed by atoms with van der Waals surface area (Å²) < 4.78 is 24.7. The molecule has 1 amide bonds. The SMILES string of the molecule is Cc1cccc(OCCc2noc(C3CCCCN3C(=O)Cc3cccc(F)c3)n2)c1. The third-order valence-electron chi connectivity index (χ3n) is 5.42. The standard InChI is InChI=1S/C24H26FN3O3/c1-17-6-4-9-20(14-17)30-13-11-22-26-24(31-27-22)21-10-2-3-12-28(21)23(29)16-18-7-5-8-19(25)15-18/h4-9,14-15,21H,2-3,10-13,16H2,1H3. The third kappa shape index (κ3) is 5.48. The molecule has 6 nitrogen and oxygen atoms in total. The van der Waals surface area contributed by atoms with E-state index in [9.17, 15) is 9.18 Å². The minimum atomic E-state index is -0.338. The summed E-state index contributed by atoms with van der Waals surface area (Å²) in [7, 11) is 0. The molecule has 1 aromatic heterocycles. The number of likely N-dealkylation sites (tertiary alicyclic amines) is 1. The van der Waals surface area contributed by atoms with Gasteiger partial charge in [0, 0.05) is 13.0 Å². The summed E-state index contributed by atoms with van der Waals surface area (Å²) in [6, 6.07) is 13.8. The number of nitrogens with zero attached hydrogens (tertiary/aromatic N) is 3. The van der Waals surface area contributed by atoms with Crippen LogP contribution >= 0.6 is 0 Å². The highest BCUT2D eigenvalue weighted by molar-refractivity contribution is 5.79. The number of halogens is 1.